The average molecular weight is 221 g/mol. The van der Waals surface area contributed by atoms with Crippen LogP contribution in [-0.4, -0.2) is 20.3 Å². The number of hydrogen-bond donors (Lipinski definition) is 1. The minimum Gasteiger partial charge on any atom is -0.493 e. The Morgan fingerprint density at radius 2 is 2.19 bits per heavy atom. The summed E-state index contributed by atoms with van der Waals surface area (Å²) in [5.74, 6) is 1.74. The number of ether oxygens (including phenoxy) is 2. The van der Waals surface area contributed by atoms with Gasteiger partial charge in [-0.25, -0.2) is 0 Å². The average Bonchev–Trinajstić information content (AvgIpc) is 2.65. The van der Waals surface area contributed by atoms with Crippen molar-refractivity contribution in [2.24, 2.45) is 0 Å². The maximum atomic E-state index is 5.95. The Labute approximate surface area is 96.8 Å². The van der Waals surface area contributed by atoms with Crippen molar-refractivity contribution in [3.63, 3.8) is 0 Å². The second-order valence-corrected chi connectivity index (χ2v) is 4.22. The Hall–Kier alpha value is -1.22. The first-order valence-corrected chi connectivity index (χ1v) is 5.73. The highest BCUT2D eigenvalue weighted by molar-refractivity contribution is 5.53. The summed E-state index contributed by atoms with van der Waals surface area (Å²) in [5, 5.41) is 3.32. The van der Waals surface area contributed by atoms with Crippen LogP contribution in [0.2, 0.25) is 0 Å². The summed E-state index contributed by atoms with van der Waals surface area (Å²) in [7, 11) is 3.66. The highest BCUT2D eigenvalue weighted by atomic mass is 16.5. The van der Waals surface area contributed by atoms with Gasteiger partial charge in [0, 0.05) is 5.56 Å². The number of benzene rings is 1. The second-order valence-electron chi connectivity index (χ2n) is 4.22. The maximum absolute atomic E-state index is 5.95. The van der Waals surface area contributed by atoms with Crippen LogP contribution in [0.25, 0.3) is 0 Å². The Morgan fingerprint density at radius 1 is 1.44 bits per heavy atom. The van der Waals surface area contributed by atoms with Gasteiger partial charge in [0.05, 0.1) is 13.2 Å². The fourth-order valence-electron chi connectivity index (χ4n) is 2.36. The van der Waals surface area contributed by atoms with Gasteiger partial charge in [0.1, 0.15) is 6.10 Å². The van der Waals surface area contributed by atoms with E-state index in [-0.39, 0.29) is 12.1 Å². The van der Waals surface area contributed by atoms with E-state index in [2.05, 4.69) is 25.2 Å². The molecule has 1 aromatic carbocycles. The van der Waals surface area contributed by atoms with E-state index in [4.69, 9.17) is 9.47 Å². The summed E-state index contributed by atoms with van der Waals surface area (Å²) in [4.78, 5) is 0. The lowest BCUT2D eigenvalue weighted by Gasteiger charge is -2.16. The third kappa shape index (κ3) is 1.65. The largest absolute Gasteiger partial charge is 0.493 e. The van der Waals surface area contributed by atoms with Crippen LogP contribution < -0.4 is 14.8 Å². The van der Waals surface area contributed by atoms with Gasteiger partial charge in [0.25, 0.3) is 0 Å². The molecule has 0 aromatic heterocycles. The molecule has 1 aliphatic heterocycles. The summed E-state index contributed by atoms with van der Waals surface area (Å²) in [6.07, 6.45) is 1.19. The van der Waals surface area contributed by atoms with Crippen molar-refractivity contribution < 1.29 is 9.47 Å². The number of rotatable bonds is 3. The van der Waals surface area contributed by atoms with E-state index >= 15 is 0 Å². The molecule has 0 aliphatic carbocycles. The van der Waals surface area contributed by atoms with Gasteiger partial charge in [-0.05, 0) is 32.0 Å². The highest BCUT2D eigenvalue weighted by Crippen LogP contribution is 2.44. The predicted molar refractivity (Wildman–Crippen MR) is 64.2 cm³/mol. The molecule has 3 heteroatoms. The third-order valence-corrected chi connectivity index (χ3v) is 3.14. The third-order valence-electron chi connectivity index (χ3n) is 3.14. The molecular weight excluding hydrogens is 202 g/mol. The lowest BCUT2D eigenvalue weighted by atomic mass is 10.00. The van der Waals surface area contributed by atoms with Gasteiger partial charge in [-0.3, -0.25) is 0 Å². The van der Waals surface area contributed by atoms with Crippen LogP contribution in [0.5, 0.6) is 11.5 Å². The zero-order chi connectivity index (χ0) is 11.7. The van der Waals surface area contributed by atoms with E-state index in [0.717, 1.165) is 17.9 Å². The van der Waals surface area contributed by atoms with Crippen molar-refractivity contribution in [1.29, 1.82) is 0 Å². The van der Waals surface area contributed by atoms with Crippen LogP contribution in [0.4, 0.5) is 0 Å². The molecule has 0 bridgehead atoms. The molecule has 0 spiro atoms. The van der Waals surface area contributed by atoms with Gasteiger partial charge < -0.3 is 14.8 Å². The number of hydrogen-bond acceptors (Lipinski definition) is 3. The fourth-order valence-corrected chi connectivity index (χ4v) is 2.36. The number of fused-ring (bicyclic) bond motifs is 1. The maximum Gasteiger partial charge on any atom is 0.166 e. The monoisotopic (exact) mass is 221 g/mol. The zero-order valence-electron chi connectivity index (χ0n) is 10.3. The number of methoxy groups -OCH3 is 1. The van der Waals surface area contributed by atoms with Gasteiger partial charge in [-0.1, -0.05) is 13.0 Å². The van der Waals surface area contributed by atoms with Crippen molar-refractivity contribution in [3.8, 4) is 11.5 Å². The van der Waals surface area contributed by atoms with Crippen molar-refractivity contribution in [3.05, 3.63) is 23.3 Å². The second kappa shape index (κ2) is 4.34. The van der Waals surface area contributed by atoms with E-state index in [1.54, 1.807) is 7.11 Å². The summed E-state index contributed by atoms with van der Waals surface area (Å²) in [5.41, 5.74) is 2.42. The molecule has 1 aromatic rings. The first-order valence-electron chi connectivity index (χ1n) is 5.73. The van der Waals surface area contributed by atoms with Gasteiger partial charge in [-0.2, -0.15) is 0 Å². The van der Waals surface area contributed by atoms with Crippen LogP contribution in [-0.2, 0) is 0 Å². The number of likely N-dealkylation sites (N-methyl/N-ethyl adjacent to an activating group) is 1. The molecule has 0 saturated heterocycles. The molecule has 88 valence electrons. The highest BCUT2D eigenvalue weighted by Gasteiger charge is 2.34. The van der Waals surface area contributed by atoms with Crippen LogP contribution in [0.15, 0.2) is 12.1 Å². The van der Waals surface area contributed by atoms with E-state index < -0.39 is 0 Å². The molecular formula is C13H19NO2. The number of nitrogens with one attached hydrogen (secondary N) is 1. The molecule has 0 amide bonds. The van der Waals surface area contributed by atoms with Gasteiger partial charge in [0.15, 0.2) is 11.5 Å². The van der Waals surface area contributed by atoms with E-state index in [1.165, 1.54) is 11.1 Å². The zero-order valence-corrected chi connectivity index (χ0v) is 10.3. The molecule has 0 radical (unpaired) electrons. The van der Waals surface area contributed by atoms with Crippen molar-refractivity contribution in [2.75, 3.05) is 14.2 Å². The smallest absolute Gasteiger partial charge is 0.166 e. The van der Waals surface area contributed by atoms with Crippen molar-refractivity contribution >= 4 is 0 Å². The molecule has 2 atom stereocenters. The first kappa shape index (κ1) is 11.3. The molecule has 3 nitrogen and oxygen atoms in total. The standard InChI is InChI=1S/C13H19NO2/c1-5-10-12(14-3)9-6-8(2)7-11(15-4)13(9)16-10/h6-7,10,12,14H,5H2,1-4H3. The minimum atomic E-state index is 0.204. The Morgan fingerprint density at radius 3 is 2.75 bits per heavy atom. The fraction of sp³-hybridized carbons (Fsp3) is 0.538. The Kier molecular flexibility index (Phi) is 3.06. The first-order chi connectivity index (χ1) is 7.71. The van der Waals surface area contributed by atoms with Gasteiger partial charge in [0.2, 0.25) is 0 Å². The van der Waals surface area contributed by atoms with Crippen LogP contribution >= 0.6 is 0 Å². The summed E-state index contributed by atoms with van der Waals surface area (Å²) < 4.78 is 11.3. The normalized spacial score (nSPS) is 22.8. The van der Waals surface area contributed by atoms with Crippen LogP contribution in [0.3, 0.4) is 0 Å². The van der Waals surface area contributed by atoms with Gasteiger partial charge >= 0.3 is 0 Å². The Balaban J connectivity index is 2.48. The predicted octanol–water partition coefficient (Wildman–Crippen LogP) is 2.44. The minimum absolute atomic E-state index is 0.204. The van der Waals surface area contributed by atoms with Crippen LogP contribution in [0.1, 0.15) is 30.5 Å². The molecule has 2 unspecified atom stereocenters. The topological polar surface area (TPSA) is 30.5 Å². The summed E-state index contributed by atoms with van der Waals surface area (Å²) in [6.45, 7) is 4.22. The van der Waals surface area contributed by atoms with Crippen molar-refractivity contribution in [2.45, 2.75) is 32.4 Å². The van der Waals surface area contributed by atoms with Crippen LogP contribution in [0, 0.1) is 6.92 Å². The molecule has 1 aliphatic rings. The molecule has 1 N–H and O–H groups in total. The molecule has 2 rings (SSSR count). The van der Waals surface area contributed by atoms with E-state index in [9.17, 15) is 0 Å². The molecule has 16 heavy (non-hydrogen) atoms. The summed E-state index contributed by atoms with van der Waals surface area (Å²) in [6, 6.07) is 4.46. The SMILES string of the molecule is CCC1Oc2c(OC)cc(C)cc2C1NC. The molecule has 1 heterocycles. The van der Waals surface area contributed by atoms with E-state index in [0.29, 0.717) is 0 Å². The Bertz CT molecular complexity index is 390. The quantitative estimate of drug-likeness (QED) is 0.850. The van der Waals surface area contributed by atoms with E-state index in [1.807, 2.05) is 13.1 Å². The van der Waals surface area contributed by atoms with Gasteiger partial charge in [-0.15, -0.1) is 0 Å². The molecule has 0 saturated carbocycles. The lowest BCUT2D eigenvalue weighted by molar-refractivity contribution is 0.184. The number of aryl methyl sites for hydroxylation is 1. The molecule has 0 fully saturated rings. The lowest BCUT2D eigenvalue weighted by Crippen LogP contribution is -2.27. The van der Waals surface area contributed by atoms with Crippen molar-refractivity contribution in [1.82, 2.24) is 5.32 Å². The summed E-state index contributed by atoms with van der Waals surface area (Å²) >= 11 is 0.